The molecular formula is C16H17F2N5O. The summed E-state index contributed by atoms with van der Waals surface area (Å²) in [7, 11) is 0. The molecule has 3 aromatic rings. The Morgan fingerprint density at radius 1 is 1.29 bits per heavy atom. The molecule has 1 fully saturated rings. The highest BCUT2D eigenvalue weighted by molar-refractivity contribution is 5.75. The molecule has 126 valence electrons. The van der Waals surface area contributed by atoms with E-state index in [2.05, 4.69) is 20.0 Å². The maximum Gasteiger partial charge on any atom is 0.231 e. The molecule has 0 N–H and O–H groups in total. The van der Waals surface area contributed by atoms with Gasteiger partial charge in [0, 0.05) is 18.7 Å². The van der Waals surface area contributed by atoms with Crippen molar-refractivity contribution in [2.45, 2.75) is 32.4 Å². The number of benzene rings is 1. The van der Waals surface area contributed by atoms with E-state index >= 15 is 0 Å². The van der Waals surface area contributed by atoms with Gasteiger partial charge in [-0.05, 0) is 26.3 Å². The fraction of sp³-hybridized carbons (Fsp3) is 0.438. The number of aromatic nitrogens is 4. The molecule has 1 atom stereocenters. The van der Waals surface area contributed by atoms with E-state index in [0.717, 1.165) is 32.0 Å². The van der Waals surface area contributed by atoms with E-state index < -0.39 is 11.6 Å². The molecule has 1 saturated heterocycles. The van der Waals surface area contributed by atoms with Crippen LogP contribution in [0.3, 0.4) is 0 Å². The smallest absolute Gasteiger partial charge is 0.231 e. The van der Waals surface area contributed by atoms with Crippen LogP contribution in [0.2, 0.25) is 0 Å². The molecule has 1 aliphatic heterocycles. The van der Waals surface area contributed by atoms with Crippen molar-refractivity contribution < 1.29 is 13.3 Å². The Balaban J connectivity index is 1.53. The first-order chi connectivity index (χ1) is 11.6. The molecule has 2 aromatic heterocycles. The standard InChI is InChI=1S/C16H17F2N5O/c1-10-20-16(24-21-10)11-3-2-4-22(7-11)9-23-8-19-14-5-12(17)13(18)6-15(14)23/h5-6,8,11H,2-4,7,9H2,1H3. The summed E-state index contributed by atoms with van der Waals surface area (Å²) in [6.07, 6.45) is 3.63. The first kappa shape index (κ1) is 15.2. The minimum Gasteiger partial charge on any atom is -0.339 e. The van der Waals surface area contributed by atoms with Crippen molar-refractivity contribution in [1.82, 2.24) is 24.6 Å². The molecule has 1 aromatic carbocycles. The Hall–Kier alpha value is -2.35. The maximum absolute atomic E-state index is 13.5. The summed E-state index contributed by atoms with van der Waals surface area (Å²) in [5, 5.41) is 3.85. The summed E-state index contributed by atoms with van der Waals surface area (Å²) in [6, 6.07) is 2.32. The molecule has 0 bridgehead atoms. The van der Waals surface area contributed by atoms with Gasteiger partial charge in [-0.2, -0.15) is 4.98 Å². The second-order valence-corrected chi connectivity index (χ2v) is 6.21. The Morgan fingerprint density at radius 3 is 2.92 bits per heavy atom. The van der Waals surface area contributed by atoms with Crippen LogP contribution in [-0.2, 0) is 6.67 Å². The van der Waals surface area contributed by atoms with E-state index in [1.165, 1.54) is 6.07 Å². The minimum absolute atomic E-state index is 0.198. The number of halogens is 2. The van der Waals surface area contributed by atoms with Gasteiger partial charge in [-0.15, -0.1) is 0 Å². The SMILES string of the molecule is Cc1noc(C2CCCN(Cn3cnc4cc(F)c(F)cc43)C2)n1. The van der Waals surface area contributed by atoms with Crippen LogP contribution >= 0.6 is 0 Å². The molecule has 24 heavy (non-hydrogen) atoms. The molecule has 1 unspecified atom stereocenters. The van der Waals surface area contributed by atoms with Gasteiger partial charge in [-0.3, -0.25) is 4.90 Å². The normalized spacial score (nSPS) is 19.2. The summed E-state index contributed by atoms with van der Waals surface area (Å²) in [6.45, 7) is 4.07. The highest BCUT2D eigenvalue weighted by atomic mass is 19.2. The molecule has 0 saturated carbocycles. The van der Waals surface area contributed by atoms with Crippen molar-refractivity contribution in [3.05, 3.63) is 41.8 Å². The molecule has 6 nitrogen and oxygen atoms in total. The van der Waals surface area contributed by atoms with Gasteiger partial charge in [0.15, 0.2) is 17.5 Å². The van der Waals surface area contributed by atoms with Gasteiger partial charge in [-0.1, -0.05) is 5.16 Å². The van der Waals surface area contributed by atoms with Crippen molar-refractivity contribution >= 4 is 11.0 Å². The number of rotatable bonds is 3. The Kier molecular flexibility index (Phi) is 3.76. The van der Waals surface area contributed by atoms with Gasteiger partial charge in [0.1, 0.15) is 0 Å². The van der Waals surface area contributed by atoms with Crippen molar-refractivity contribution in [1.29, 1.82) is 0 Å². The first-order valence-corrected chi connectivity index (χ1v) is 7.92. The summed E-state index contributed by atoms with van der Waals surface area (Å²) < 4.78 is 33.9. The summed E-state index contributed by atoms with van der Waals surface area (Å²) in [5.74, 6) is -0.232. The number of likely N-dealkylation sites (tertiary alicyclic amines) is 1. The Bertz CT molecular complexity index is 875. The third kappa shape index (κ3) is 2.77. The zero-order valence-electron chi connectivity index (χ0n) is 13.2. The summed E-state index contributed by atoms with van der Waals surface area (Å²) >= 11 is 0. The lowest BCUT2D eigenvalue weighted by Gasteiger charge is -2.31. The third-order valence-electron chi connectivity index (χ3n) is 4.41. The van der Waals surface area contributed by atoms with E-state index in [1.54, 1.807) is 13.3 Å². The molecule has 0 spiro atoms. The van der Waals surface area contributed by atoms with Crippen molar-refractivity contribution in [3.63, 3.8) is 0 Å². The molecule has 0 amide bonds. The number of nitrogens with zero attached hydrogens (tertiary/aromatic N) is 5. The van der Waals surface area contributed by atoms with Crippen molar-refractivity contribution in [3.8, 4) is 0 Å². The molecule has 1 aliphatic rings. The molecule has 0 aliphatic carbocycles. The Morgan fingerprint density at radius 2 is 2.12 bits per heavy atom. The number of hydrogen-bond acceptors (Lipinski definition) is 5. The second-order valence-electron chi connectivity index (χ2n) is 6.21. The number of imidazole rings is 1. The van der Waals surface area contributed by atoms with E-state index in [4.69, 9.17) is 4.52 Å². The van der Waals surface area contributed by atoms with Gasteiger partial charge >= 0.3 is 0 Å². The van der Waals surface area contributed by atoms with Crippen LogP contribution in [0.1, 0.15) is 30.5 Å². The maximum atomic E-state index is 13.5. The lowest BCUT2D eigenvalue weighted by molar-refractivity contribution is 0.153. The predicted octanol–water partition coefficient (Wildman–Crippen LogP) is 2.84. The topological polar surface area (TPSA) is 60.0 Å². The number of hydrogen-bond donors (Lipinski definition) is 0. The lowest BCUT2D eigenvalue weighted by Crippen LogP contribution is -2.35. The van der Waals surface area contributed by atoms with Crippen molar-refractivity contribution in [2.75, 3.05) is 13.1 Å². The molecule has 3 heterocycles. The van der Waals surface area contributed by atoms with Gasteiger partial charge in [0.05, 0.1) is 29.9 Å². The average molecular weight is 333 g/mol. The van der Waals surface area contributed by atoms with Crippen molar-refractivity contribution in [2.24, 2.45) is 0 Å². The highest BCUT2D eigenvalue weighted by Gasteiger charge is 2.26. The number of aryl methyl sites for hydroxylation is 1. The lowest BCUT2D eigenvalue weighted by atomic mass is 9.98. The molecule has 0 radical (unpaired) electrons. The van der Waals surface area contributed by atoms with Crippen LogP contribution < -0.4 is 0 Å². The predicted molar refractivity (Wildman–Crippen MR) is 82.2 cm³/mol. The molecule has 4 rings (SSSR count). The fourth-order valence-electron chi connectivity index (χ4n) is 3.25. The number of fused-ring (bicyclic) bond motifs is 1. The summed E-state index contributed by atoms with van der Waals surface area (Å²) in [5.41, 5.74) is 1.04. The quantitative estimate of drug-likeness (QED) is 0.738. The largest absolute Gasteiger partial charge is 0.339 e. The average Bonchev–Trinajstić information content (AvgIpc) is 3.16. The monoisotopic (exact) mass is 333 g/mol. The van der Waals surface area contributed by atoms with E-state index in [-0.39, 0.29) is 5.92 Å². The fourth-order valence-corrected chi connectivity index (χ4v) is 3.25. The summed E-state index contributed by atoms with van der Waals surface area (Å²) in [4.78, 5) is 10.7. The van der Waals surface area contributed by atoms with Crippen LogP contribution in [0.25, 0.3) is 11.0 Å². The highest BCUT2D eigenvalue weighted by Crippen LogP contribution is 2.26. The van der Waals surface area contributed by atoms with Gasteiger partial charge in [0.25, 0.3) is 0 Å². The molecular weight excluding hydrogens is 316 g/mol. The molecule has 8 heteroatoms. The van der Waals surface area contributed by atoms with Crippen LogP contribution in [0.5, 0.6) is 0 Å². The first-order valence-electron chi connectivity index (χ1n) is 7.92. The zero-order chi connectivity index (χ0) is 16.7. The Labute approximate surface area is 137 Å². The van der Waals surface area contributed by atoms with Crippen LogP contribution in [0, 0.1) is 18.6 Å². The minimum atomic E-state index is -0.877. The van der Waals surface area contributed by atoms with E-state index in [0.29, 0.717) is 29.4 Å². The number of piperidine rings is 1. The van der Waals surface area contributed by atoms with Gasteiger partial charge in [0.2, 0.25) is 5.89 Å². The van der Waals surface area contributed by atoms with E-state index in [9.17, 15) is 8.78 Å². The van der Waals surface area contributed by atoms with Crippen LogP contribution in [0.15, 0.2) is 23.0 Å². The zero-order valence-corrected chi connectivity index (χ0v) is 13.2. The van der Waals surface area contributed by atoms with Crippen LogP contribution in [-0.4, -0.2) is 37.7 Å². The third-order valence-corrected chi connectivity index (χ3v) is 4.41. The van der Waals surface area contributed by atoms with Crippen LogP contribution in [0.4, 0.5) is 8.78 Å². The second kappa shape index (κ2) is 5.94. The van der Waals surface area contributed by atoms with E-state index in [1.807, 2.05) is 4.57 Å². The van der Waals surface area contributed by atoms with Gasteiger partial charge in [-0.25, -0.2) is 13.8 Å². The van der Waals surface area contributed by atoms with Gasteiger partial charge < -0.3 is 9.09 Å².